The summed E-state index contributed by atoms with van der Waals surface area (Å²) in [6.07, 6.45) is 1.79. The number of rotatable bonds is 12. The second-order valence-corrected chi connectivity index (χ2v) is 39.0. The van der Waals surface area contributed by atoms with Gasteiger partial charge in [-0.1, -0.05) is 93.7 Å². The van der Waals surface area contributed by atoms with Crippen LogP contribution in [-0.4, -0.2) is 88.3 Å². The summed E-state index contributed by atoms with van der Waals surface area (Å²) in [5.41, 5.74) is 2.40. The van der Waals surface area contributed by atoms with Crippen molar-refractivity contribution in [1.82, 2.24) is 0 Å². The standard InChI is InChI=1S/C36H74O7Si4/c1-20-38-29(37)25-26-21-22-27-30(39-26)32(42-46(16,17)35(5,6)7)33(43-47(18,19)36(8,9)10)31(40-27)28(23-24-44(11,12)13)41-45(14,15)34(2,3)4/h23-24,26-28,30-33H,20-22,25H2,1-19H3/b24-23+/t26-,27+,28?,30+,31+,32+,33?/m1/s1. The molecular weight excluding hydrogens is 657 g/mol. The predicted octanol–water partition coefficient (Wildman–Crippen LogP) is 9.86. The Balaban J connectivity index is 2.81. The molecule has 7 atom stereocenters. The Morgan fingerprint density at radius 3 is 1.68 bits per heavy atom. The number of esters is 1. The summed E-state index contributed by atoms with van der Waals surface area (Å²) in [5.74, 6) is -0.221. The first-order chi connectivity index (χ1) is 20.9. The molecule has 0 aromatic heterocycles. The van der Waals surface area contributed by atoms with Crippen molar-refractivity contribution < 1.29 is 32.3 Å². The van der Waals surface area contributed by atoms with Crippen molar-refractivity contribution in [2.24, 2.45) is 0 Å². The Morgan fingerprint density at radius 2 is 1.23 bits per heavy atom. The molecule has 0 bridgehead atoms. The highest BCUT2D eigenvalue weighted by molar-refractivity contribution is 6.81. The molecule has 0 N–H and O–H groups in total. The lowest BCUT2D eigenvalue weighted by Gasteiger charge is -2.56. The molecule has 2 aliphatic heterocycles. The minimum Gasteiger partial charge on any atom is -0.466 e. The van der Waals surface area contributed by atoms with Crippen molar-refractivity contribution in [3.05, 3.63) is 11.8 Å². The molecule has 2 unspecified atom stereocenters. The van der Waals surface area contributed by atoms with Gasteiger partial charge in [-0.2, -0.15) is 0 Å². The van der Waals surface area contributed by atoms with Gasteiger partial charge in [-0.05, 0) is 74.2 Å². The molecule has 0 aromatic rings. The van der Waals surface area contributed by atoms with Crippen molar-refractivity contribution in [2.75, 3.05) is 6.61 Å². The Kier molecular flexibility index (Phi) is 14.0. The van der Waals surface area contributed by atoms with Gasteiger partial charge in [0.15, 0.2) is 25.0 Å². The molecule has 7 nitrogen and oxygen atoms in total. The monoisotopic (exact) mass is 730 g/mol. The third kappa shape index (κ3) is 11.4. The third-order valence-electron chi connectivity index (χ3n) is 11.3. The molecule has 2 heterocycles. The van der Waals surface area contributed by atoms with Crippen LogP contribution >= 0.6 is 0 Å². The first kappa shape index (κ1) is 43.0. The third-order valence-corrected chi connectivity index (χ3v) is 25.9. The fourth-order valence-corrected chi connectivity index (χ4v) is 9.84. The molecule has 0 radical (unpaired) electrons. The Labute approximate surface area is 294 Å². The Morgan fingerprint density at radius 1 is 0.745 bits per heavy atom. The fraction of sp³-hybridized carbons (Fsp3) is 0.917. The Bertz CT molecular complexity index is 1060. The zero-order chi connectivity index (χ0) is 36.6. The molecular formula is C36H74O7Si4. The first-order valence-electron chi connectivity index (χ1n) is 18.1. The van der Waals surface area contributed by atoms with Gasteiger partial charge in [-0.15, -0.1) is 0 Å². The molecule has 0 aliphatic carbocycles. The second-order valence-electron chi connectivity index (χ2n) is 19.7. The van der Waals surface area contributed by atoms with Gasteiger partial charge < -0.3 is 27.5 Å². The van der Waals surface area contributed by atoms with E-state index in [4.69, 9.17) is 27.5 Å². The van der Waals surface area contributed by atoms with Crippen LogP contribution in [0.1, 0.15) is 88.5 Å². The van der Waals surface area contributed by atoms with Crippen LogP contribution in [-0.2, 0) is 32.3 Å². The summed E-state index contributed by atoms with van der Waals surface area (Å²) in [6.45, 7) is 43.7. The summed E-state index contributed by atoms with van der Waals surface area (Å²) < 4.78 is 41.7. The molecule has 2 fully saturated rings. The van der Waals surface area contributed by atoms with E-state index in [9.17, 15) is 4.79 Å². The Hall–Kier alpha value is -0.122. The largest absolute Gasteiger partial charge is 0.466 e. The van der Waals surface area contributed by atoms with Crippen LogP contribution < -0.4 is 0 Å². The van der Waals surface area contributed by atoms with Crippen LogP contribution in [0, 0.1) is 0 Å². The molecule has 0 amide bonds. The van der Waals surface area contributed by atoms with E-state index in [1.165, 1.54) is 0 Å². The topological polar surface area (TPSA) is 72.5 Å². The van der Waals surface area contributed by atoms with Crippen LogP contribution in [0.2, 0.25) is 74.0 Å². The minimum absolute atomic E-state index is 0.0222. The van der Waals surface area contributed by atoms with E-state index in [1.807, 2.05) is 6.92 Å². The fourth-order valence-electron chi connectivity index (χ4n) is 5.22. The number of ether oxygens (including phenoxy) is 3. The SMILES string of the molecule is CCOC(=O)C[C@H]1CC[C@@H]2O[C@@H](C(/C=C/[Si](C)(C)C)O[Si](C)(C)C(C)(C)C)C(O[Si](C)(C)C(C)(C)C)[C@@H](O[Si](C)(C)C(C)(C)C)[C@H]2O1. The number of carbonyl (C=O) groups excluding carboxylic acids is 1. The molecule has 47 heavy (non-hydrogen) atoms. The number of carbonyl (C=O) groups is 1. The highest BCUT2D eigenvalue weighted by atomic mass is 28.4. The molecule has 0 saturated carbocycles. The average molecular weight is 731 g/mol. The molecule has 0 spiro atoms. The van der Waals surface area contributed by atoms with Gasteiger partial charge in [0.2, 0.25) is 0 Å². The summed E-state index contributed by atoms with van der Waals surface area (Å²) >= 11 is 0. The van der Waals surface area contributed by atoms with Crippen molar-refractivity contribution in [1.29, 1.82) is 0 Å². The zero-order valence-electron chi connectivity index (χ0n) is 33.9. The van der Waals surface area contributed by atoms with Gasteiger partial charge in [0.1, 0.15) is 24.4 Å². The molecule has 0 aromatic carbocycles. The van der Waals surface area contributed by atoms with E-state index in [0.717, 1.165) is 12.8 Å². The normalized spacial score (nSPS) is 27.9. The highest BCUT2D eigenvalue weighted by Crippen LogP contribution is 2.47. The van der Waals surface area contributed by atoms with E-state index in [2.05, 4.69) is 133 Å². The van der Waals surface area contributed by atoms with Gasteiger partial charge >= 0.3 is 5.97 Å². The van der Waals surface area contributed by atoms with Crippen molar-refractivity contribution in [2.45, 2.75) is 205 Å². The maximum absolute atomic E-state index is 12.6. The van der Waals surface area contributed by atoms with E-state index in [-0.39, 0.29) is 64.1 Å². The minimum atomic E-state index is -2.34. The first-order valence-corrected chi connectivity index (χ1v) is 30.4. The molecule has 2 aliphatic rings. The quantitative estimate of drug-likeness (QED) is 0.146. The van der Waals surface area contributed by atoms with Gasteiger partial charge in [0, 0.05) is 0 Å². The summed E-state index contributed by atoms with van der Waals surface area (Å²) in [6, 6.07) is 0. The number of fused-ring (bicyclic) bond motifs is 1. The number of hydrogen-bond donors (Lipinski definition) is 0. The lowest BCUT2D eigenvalue weighted by atomic mass is 9.87. The van der Waals surface area contributed by atoms with Crippen molar-refractivity contribution in [3.63, 3.8) is 0 Å². The second kappa shape index (κ2) is 15.2. The van der Waals surface area contributed by atoms with Crippen LogP contribution in [0.5, 0.6) is 0 Å². The maximum Gasteiger partial charge on any atom is 0.308 e. The van der Waals surface area contributed by atoms with E-state index in [1.54, 1.807) is 0 Å². The van der Waals surface area contributed by atoms with E-state index < -0.39 is 39.1 Å². The molecule has 2 saturated heterocycles. The molecule has 11 heteroatoms. The summed E-state index contributed by atoms with van der Waals surface area (Å²) in [5, 5.41) is -0.0259. The van der Waals surface area contributed by atoms with Gasteiger partial charge in [-0.25, -0.2) is 0 Å². The van der Waals surface area contributed by atoms with E-state index in [0.29, 0.717) is 6.61 Å². The van der Waals surface area contributed by atoms with Crippen LogP contribution in [0.25, 0.3) is 0 Å². The van der Waals surface area contributed by atoms with Crippen LogP contribution in [0.3, 0.4) is 0 Å². The van der Waals surface area contributed by atoms with Gasteiger partial charge in [0.25, 0.3) is 0 Å². The molecule has 2 rings (SSSR count). The maximum atomic E-state index is 12.6. The zero-order valence-corrected chi connectivity index (χ0v) is 37.9. The number of hydrogen-bond acceptors (Lipinski definition) is 7. The smallest absolute Gasteiger partial charge is 0.308 e. The van der Waals surface area contributed by atoms with Crippen LogP contribution in [0.4, 0.5) is 0 Å². The van der Waals surface area contributed by atoms with E-state index >= 15 is 0 Å². The highest BCUT2D eigenvalue weighted by Gasteiger charge is 2.57. The summed E-state index contributed by atoms with van der Waals surface area (Å²) in [7, 11) is -8.47. The lowest BCUT2D eigenvalue weighted by molar-refractivity contribution is -0.267. The molecule has 276 valence electrons. The van der Waals surface area contributed by atoms with Crippen molar-refractivity contribution >= 4 is 39.0 Å². The predicted molar refractivity (Wildman–Crippen MR) is 207 cm³/mol. The summed E-state index contributed by atoms with van der Waals surface area (Å²) in [4.78, 5) is 12.6. The van der Waals surface area contributed by atoms with Crippen molar-refractivity contribution in [3.8, 4) is 0 Å². The van der Waals surface area contributed by atoms with Crippen LogP contribution in [0.15, 0.2) is 11.8 Å². The van der Waals surface area contributed by atoms with Gasteiger partial charge in [-0.3, -0.25) is 4.79 Å². The van der Waals surface area contributed by atoms with Gasteiger partial charge in [0.05, 0.1) is 39.4 Å². The average Bonchev–Trinajstić information content (AvgIpc) is 2.85. The lowest BCUT2D eigenvalue weighted by Crippen LogP contribution is -2.69.